The molecule has 0 radical (unpaired) electrons. The van der Waals surface area contributed by atoms with Gasteiger partial charge < -0.3 is 4.98 Å². The van der Waals surface area contributed by atoms with Crippen LogP contribution in [0, 0.1) is 0 Å². The highest BCUT2D eigenvalue weighted by Gasteiger charge is 2.06. The van der Waals surface area contributed by atoms with Gasteiger partial charge in [0.15, 0.2) is 0 Å². The second kappa shape index (κ2) is 2.12. The van der Waals surface area contributed by atoms with E-state index < -0.39 is 0 Å². The molecule has 0 aliphatic heterocycles. The lowest BCUT2D eigenvalue weighted by Gasteiger charge is -2.02. The average Bonchev–Trinajstić information content (AvgIpc) is 2.30. The lowest BCUT2D eigenvalue weighted by atomic mass is 10.0. The number of fused-ring (bicyclic) bond motifs is 1. The van der Waals surface area contributed by atoms with Gasteiger partial charge in [-0.2, -0.15) is 0 Å². The van der Waals surface area contributed by atoms with Crippen molar-refractivity contribution in [2.75, 3.05) is 0 Å². The molecule has 1 aromatic rings. The normalized spacial score (nSPS) is 14.9. The minimum Gasteiger partial charge on any atom is -0.356 e. The molecule has 1 heteroatoms. The summed E-state index contributed by atoms with van der Waals surface area (Å²) in [5.74, 6) is 0. The van der Waals surface area contributed by atoms with Crippen molar-refractivity contribution in [2.45, 2.75) is 12.8 Å². The van der Waals surface area contributed by atoms with E-state index in [2.05, 4.69) is 30.3 Å². The topological polar surface area (TPSA) is 15.8 Å². The molecule has 1 aliphatic carbocycles. The van der Waals surface area contributed by atoms with Gasteiger partial charge in [0.2, 0.25) is 0 Å². The van der Waals surface area contributed by atoms with E-state index in [4.69, 9.17) is 0 Å². The molecule has 0 bridgehead atoms. The Morgan fingerprint density at radius 1 is 1.27 bits per heavy atom. The fourth-order valence-corrected chi connectivity index (χ4v) is 1.59. The second-order valence-corrected chi connectivity index (χ2v) is 2.92. The number of allylic oxidation sites excluding steroid dienone is 1. The summed E-state index contributed by atoms with van der Waals surface area (Å²) >= 11 is 0. The highest BCUT2D eigenvalue weighted by atomic mass is 14.7. The van der Waals surface area contributed by atoms with E-state index in [1.165, 1.54) is 11.1 Å². The number of aromatic nitrogens is 1. The van der Waals surface area contributed by atoms with Crippen LogP contribution < -0.4 is 10.7 Å². The van der Waals surface area contributed by atoms with Crippen molar-refractivity contribution in [3.63, 3.8) is 0 Å². The highest BCUT2D eigenvalue weighted by molar-refractivity contribution is 5.56. The minimum atomic E-state index is 1.00. The van der Waals surface area contributed by atoms with Crippen LogP contribution in [0.1, 0.15) is 17.5 Å². The molecule has 2 rings (SSSR count). The van der Waals surface area contributed by atoms with Crippen molar-refractivity contribution in [2.24, 2.45) is 0 Å². The smallest absolute Gasteiger partial charge is 0.0388 e. The van der Waals surface area contributed by atoms with E-state index in [9.17, 15) is 0 Å². The first kappa shape index (κ1) is 6.47. The highest BCUT2D eigenvalue weighted by Crippen LogP contribution is 2.10. The molecule has 1 N–H and O–H groups in total. The SMILES string of the molecule is C=c1[nH]c(=C)c2c1C=CCC2. The van der Waals surface area contributed by atoms with Crippen LogP contribution in [0.2, 0.25) is 0 Å². The zero-order chi connectivity index (χ0) is 7.84. The van der Waals surface area contributed by atoms with Gasteiger partial charge in [0.1, 0.15) is 0 Å². The predicted octanol–water partition coefficient (Wildman–Crippen LogP) is 0.795. The molecule has 1 aliphatic rings. The molecule has 1 aromatic heterocycles. The maximum atomic E-state index is 3.93. The summed E-state index contributed by atoms with van der Waals surface area (Å²) < 4.78 is 0. The summed E-state index contributed by atoms with van der Waals surface area (Å²) in [5, 5.41) is 2.04. The fourth-order valence-electron chi connectivity index (χ4n) is 1.59. The van der Waals surface area contributed by atoms with Crippen LogP contribution in [-0.4, -0.2) is 4.98 Å². The van der Waals surface area contributed by atoms with Crippen molar-refractivity contribution in [3.8, 4) is 0 Å². The summed E-state index contributed by atoms with van der Waals surface area (Å²) in [6.45, 7) is 7.83. The van der Waals surface area contributed by atoms with E-state index >= 15 is 0 Å². The molecule has 0 atom stereocenters. The number of hydrogen-bond donors (Lipinski definition) is 1. The number of aromatic amines is 1. The van der Waals surface area contributed by atoms with E-state index in [1.807, 2.05) is 0 Å². The van der Waals surface area contributed by atoms with Crippen LogP contribution in [-0.2, 0) is 6.42 Å². The third-order valence-corrected chi connectivity index (χ3v) is 2.16. The molecule has 0 fully saturated rings. The minimum absolute atomic E-state index is 1.00. The van der Waals surface area contributed by atoms with Crippen molar-refractivity contribution in [1.82, 2.24) is 4.98 Å². The molecule has 0 saturated carbocycles. The van der Waals surface area contributed by atoms with Gasteiger partial charge in [-0.15, -0.1) is 0 Å². The van der Waals surface area contributed by atoms with Crippen molar-refractivity contribution >= 4 is 19.2 Å². The molecule has 1 heterocycles. The lowest BCUT2D eigenvalue weighted by Crippen LogP contribution is -2.07. The van der Waals surface area contributed by atoms with Crippen molar-refractivity contribution < 1.29 is 0 Å². The van der Waals surface area contributed by atoms with Gasteiger partial charge in [0, 0.05) is 16.3 Å². The molecule has 0 aromatic carbocycles. The first-order valence-corrected chi connectivity index (χ1v) is 3.84. The standard InChI is InChI=1S/C10H11N/c1-7-9-5-3-4-6-10(9)8(2)11-7/h3,5,11H,1-2,4,6H2. The van der Waals surface area contributed by atoms with Crippen LogP contribution in [0.25, 0.3) is 19.2 Å². The van der Waals surface area contributed by atoms with Crippen molar-refractivity contribution in [3.05, 3.63) is 27.9 Å². The Balaban J connectivity index is 2.83. The number of hydrogen-bond acceptors (Lipinski definition) is 0. The number of nitrogens with one attached hydrogen (secondary N) is 1. The van der Waals surface area contributed by atoms with Gasteiger partial charge in [-0.1, -0.05) is 25.3 Å². The Morgan fingerprint density at radius 2 is 2.09 bits per heavy atom. The van der Waals surface area contributed by atoms with E-state index in [0.29, 0.717) is 0 Å². The molecule has 11 heavy (non-hydrogen) atoms. The van der Waals surface area contributed by atoms with Gasteiger partial charge in [-0.25, -0.2) is 0 Å². The average molecular weight is 145 g/mol. The van der Waals surface area contributed by atoms with Crippen LogP contribution in [0.15, 0.2) is 6.08 Å². The first-order chi connectivity index (χ1) is 5.29. The zero-order valence-corrected chi connectivity index (χ0v) is 6.48. The van der Waals surface area contributed by atoms with Gasteiger partial charge in [-0.3, -0.25) is 0 Å². The molecule has 1 nitrogen and oxygen atoms in total. The third kappa shape index (κ3) is 0.845. The van der Waals surface area contributed by atoms with Crippen LogP contribution in [0.5, 0.6) is 0 Å². The molecular weight excluding hydrogens is 134 g/mol. The third-order valence-electron chi connectivity index (χ3n) is 2.16. The van der Waals surface area contributed by atoms with Gasteiger partial charge in [0.05, 0.1) is 0 Å². The summed E-state index contributed by atoms with van der Waals surface area (Å²) in [5.41, 5.74) is 2.60. The quantitative estimate of drug-likeness (QED) is 0.555. The summed E-state index contributed by atoms with van der Waals surface area (Å²) in [6, 6.07) is 0. The molecule has 0 amide bonds. The maximum Gasteiger partial charge on any atom is 0.0388 e. The molecule has 56 valence electrons. The largest absolute Gasteiger partial charge is 0.356 e. The molecule has 0 unspecified atom stereocenters. The van der Waals surface area contributed by atoms with Crippen LogP contribution >= 0.6 is 0 Å². The Morgan fingerprint density at radius 3 is 2.82 bits per heavy atom. The Labute approximate surface area is 65.8 Å². The Kier molecular flexibility index (Phi) is 1.25. The Bertz CT molecular complexity index is 395. The molecular formula is C10H11N. The monoisotopic (exact) mass is 145 g/mol. The van der Waals surface area contributed by atoms with E-state index in [0.717, 1.165) is 23.5 Å². The van der Waals surface area contributed by atoms with Gasteiger partial charge >= 0.3 is 0 Å². The first-order valence-electron chi connectivity index (χ1n) is 3.84. The fraction of sp³-hybridized carbons (Fsp3) is 0.200. The number of H-pyrrole nitrogens is 1. The summed E-state index contributed by atoms with van der Waals surface area (Å²) in [4.78, 5) is 3.14. The van der Waals surface area contributed by atoms with E-state index in [-0.39, 0.29) is 0 Å². The maximum absolute atomic E-state index is 3.93. The number of rotatable bonds is 0. The van der Waals surface area contributed by atoms with Crippen LogP contribution in [0.4, 0.5) is 0 Å². The summed E-state index contributed by atoms with van der Waals surface area (Å²) in [7, 11) is 0. The van der Waals surface area contributed by atoms with E-state index in [1.54, 1.807) is 0 Å². The second-order valence-electron chi connectivity index (χ2n) is 2.92. The van der Waals surface area contributed by atoms with Gasteiger partial charge in [0.25, 0.3) is 0 Å². The Hall–Kier alpha value is -1.24. The summed E-state index contributed by atoms with van der Waals surface area (Å²) in [6.07, 6.45) is 6.56. The van der Waals surface area contributed by atoms with Crippen LogP contribution in [0.3, 0.4) is 0 Å². The lowest BCUT2D eigenvalue weighted by molar-refractivity contribution is 0.980. The zero-order valence-electron chi connectivity index (χ0n) is 6.48. The predicted molar refractivity (Wildman–Crippen MR) is 48.4 cm³/mol. The molecule has 0 spiro atoms. The van der Waals surface area contributed by atoms with Gasteiger partial charge in [-0.05, 0) is 18.4 Å². The van der Waals surface area contributed by atoms with Crippen molar-refractivity contribution in [1.29, 1.82) is 0 Å². The molecule has 0 saturated heterocycles.